The number of halogens is 3. The van der Waals surface area contributed by atoms with Gasteiger partial charge in [-0.1, -0.05) is 0 Å². The maximum atomic E-state index is 13.8. The van der Waals surface area contributed by atoms with E-state index >= 15 is 0 Å². The first-order valence-corrected chi connectivity index (χ1v) is 6.00. The first-order valence-electron chi connectivity index (χ1n) is 6.00. The van der Waals surface area contributed by atoms with E-state index in [0.717, 1.165) is 6.07 Å². The van der Waals surface area contributed by atoms with Crippen LogP contribution in [0.25, 0.3) is 0 Å². The number of carbonyl (C=O) groups excluding carboxylic acids is 2. The maximum Gasteiger partial charge on any atom is 0.404 e. The molecule has 0 radical (unpaired) electrons. The minimum atomic E-state index is -1.30. The highest BCUT2D eigenvalue weighted by molar-refractivity contribution is 5.80. The monoisotopic (exact) mass is 287 g/mol. The molecule has 1 aromatic carbocycles. The van der Waals surface area contributed by atoms with Gasteiger partial charge in [-0.3, -0.25) is 4.79 Å². The lowest BCUT2D eigenvalue weighted by Gasteiger charge is -2.30. The van der Waals surface area contributed by atoms with E-state index in [4.69, 9.17) is 10.5 Å². The summed E-state index contributed by atoms with van der Waals surface area (Å²) in [4.78, 5) is 22.2. The Morgan fingerprint density at radius 1 is 1.20 bits per heavy atom. The third-order valence-electron chi connectivity index (χ3n) is 3.32. The second-order valence-electron chi connectivity index (χ2n) is 4.65. The van der Waals surface area contributed by atoms with Gasteiger partial charge in [-0.25, -0.2) is 18.0 Å². The van der Waals surface area contributed by atoms with E-state index in [1.165, 1.54) is 0 Å². The Morgan fingerprint density at radius 2 is 1.85 bits per heavy atom. The summed E-state index contributed by atoms with van der Waals surface area (Å²) in [5, 5.41) is 0. The van der Waals surface area contributed by atoms with E-state index < -0.39 is 35.6 Å². The van der Waals surface area contributed by atoms with Crippen LogP contribution in [0.1, 0.15) is 30.7 Å². The van der Waals surface area contributed by atoms with E-state index in [2.05, 4.69) is 0 Å². The van der Waals surface area contributed by atoms with Crippen molar-refractivity contribution in [3.63, 3.8) is 0 Å². The fourth-order valence-corrected chi connectivity index (χ4v) is 2.42. The zero-order chi connectivity index (χ0) is 14.9. The molecule has 2 rings (SSSR count). The molecule has 1 aliphatic rings. The number of nitrogens with two attached hydrogens (primary N) is 1. The third kappa shape index (κ3) is 2.92. The smallest absolute Gasteiger partial charge is 0.404 e. The minimum absolute atomic E-state index is 0.119. The van der Waals surface area contributed by atoms with Crippen molar-refractivity contribution >= 4 is 11.9 Å². The minimum Gasteiger partial charge on any atom is -0.445 e. The number of carbonyl (C=O) groups is 2. The molecule has 108 valence electrons. The molecule has 0 spiro atoms. The Labute approximate surface area is 112 Å². The van der Waals surface area contributed by atoms with E-state index in [9.17, 15) is 22.8 Å². The molecule has 0 saturated heterocycles. The van der Waals surface area contributed by atoms with Crippen LogP contribution in [0.2, 0.25) is 0 Å². The Hall–Kier alpha value is -2.05. The molecule has 0 aromatic heterocycles. The van der Waals surface area contributed by atoms with Crippen LogP contribution < -0.4 is 5.73 Å². The van der Waals surface area contributed by atoms with Gasteiger partial charge in [0.15, 0.2) is 11.6 Å². The number of hydrogen-bond acceptors (Lipinski definition) is 3. The van der Waals surface area contributed by atoms with E-state index in [1.54, 1.807) is 0 Å². The van der Waals surface area contributed by atoms with Gasteiger partial charge < -0.3 is 10.5 Å². The SMILES string of the molecule is NC(=O)O[C@@H]1CC(=O)CC[C@@H]1c1cc(F)c(F)cc1F. The topological polar surface area (TPSA) is 69.4 Å². The van der Waals surface area contributed by atoms with Crippen LogP contribution in [0.4, 0.5) is 18.0 Å². The summed E-state index contributed by atoms with van der Waals surface area (Å²) in [6.45, 7) is 0. The number of ether oxygens (including phenoxy) is 1. The lowest BCUT2D eigenvalue weighted by molar-refractivity contribution is -0.123. The lowest BCUT2D eigenvalue weighted by atomic mass is 9.80. The van der Waals surface area contributed by atoms with Crippen molar-refractivity contribution < 1.29 is 27.5 Å². The molecule has 20 heavy (non-hydrogen) atoms. The molecule has 0 heterocycles. The van der Waals surface area contributed by atoms with E-state index in [-0.39, 0.29) is 30.6 Å². The molecule has 1 aromatic rings. The number of hydrogen-bond donors (Lipinski definition) is 1. The highest BCUT2D eigenvalue weighted by atomic mass is 19.2. The molecular formula is C13H12F3NO3. The number of Topliss-reactive ketones (excluding diaryl/α,β-unsaturated/α-hetero) is 1. The molecule has 0 bridgehead atoms. The van der Waals surface area contributed by atoms with Crippen LogP contribution in [0, 0.1) is 17.5 Å². The van der Waals surface area contributed by atoms with Gasteiger partial charge in [-0.05, 0) is 18.1 Å². The maximum absolute atomic E-state index is 13.8. The van der Waals surface area contributed by atoms with Gasteiger partial charge in [-0.15, -0.1) is 0 Å². The van der Waals surface area contributed by atoms with Gasteiger partial charge in [0.1, 0.15) is 17.7 Å². The van der Waals surface area contributed by atoms with Crippen LogP contribution in [-0.4, -0.2) is 18.0 Å². The molecule has 0 unspecified atom stereocenters. The summed E-state index contributed by atoms with van der Waals surface area (Å²) < 4.78 is 44.7. The number of benzene rings is 1. The summed E-state index contributed by atoms with van der Waals surface area (Å²) in [6, 6.07) is 1.16. The third-order valence-corrected chi connectivity index (χ3v) is 3.32. The van der Waals surface area contributed by atoms with Gasteiger partial charge >= 0.3 is 6.09 Å². The molecule has 1 fully saturated rings. The Morgan fingerprint density at radius 3 is 2.50 bits per heavy atom. The zero-order valence-corrected chi connectivity index (χ0v) is 10.4. The predicted octanol–water partition coefficient (Wildman–Crippen LogP) is 2.40. The van der Waals surface area contributed by atoms with Crippen molar-refractivity contribution in [3.8, 4) is 0 Å². The standard InChI is InChI=1S/C13H12F3NO3/c14-9-5-11(16)10(15)4-8(9)7-2-1-6(18)3-12(7)20-13(17)19/h4-5,7,12H,1-3H2,(H2,17,19)/t7-,12-/m1/s1. The van der Waals surface area contributed by atoms with Crippen molar-refractivity contribution in [1.82, 2.24) is 0 Å². The second-order valence-corrected chi connectivity index (χ2v) is 4.65. The molecule has 1 saturated carbocycles. The van der Waals surface area contributed by atoms with Gasteiger partial charge in [0.25, 0.3) is 0 Å². The van der Waals surface area contributed by atoms with Crippen LogP contribution in [0.5, 0.6) is 0 Å². The van der Waals surface area contributed by atoms with Gasteiger partial charge in [0, 0.05) is 24.8 Å². The van der Waals surface area contributed by atoms with Crippen molar-refractivity contribution in [2.75, 3.05) is 0 Å². The number of ketones is 1. The van der Waals surface area contributed by atoms with Crippen LogP contribution in [-0.2, 0) is 9.53 Å². The van der Waals surface area contributed by atoms with Crippen molar-refractivity contribution in [2.45, 2.75) is 31.3 Å². The number of amides is 1. The van der Waals surface area contributed by atoms with Gasteiger partial charge in [0.05, 0.1) is 0 Å². The molecular weight excluding hydrogens is 275 g/mol. The van der Waals surface area contributed by atoms with E-state index in [1.807, 2.05) is 0 Å². The van der Waals surface area contributed by atoms with Crippen molar-refractivity contribution in [3.05, 3.63) is 35.1 Å². The van der Waals surface area contributed by atoms with Crippen LogP contribution in [0.3, 0.4) is 0 Å². The fourth-order valence-electron chi connectivity index (χ4n) is 2.42. The Kier molecular flexibility index (Phi) is 3.96. The van der Waals surface area contributed by atoms with Gasteiger partial charge in [-0.2, -0.15) is 0 Å². The zero-order valence-electron chi connectivity index (χ0n) is 10.4. The number of rotatable bonds is 2. The molecule has 1 amide bonds. The van der Waals surface area contributed by atoms with E-state index in [0.29, 0.717) is 6.07 Å². The number of primary amides is 1. The highest BCUT2D eigenvalue weighted by Crippen LogP contribution is 2.35. The predicted molar refractivity (Wildman–Crippen MR) is 62.4 cm³/mol. The van der Waals surface area contributed by atoms with Crippen molar-refractivity contribution in [1.29, 1.82) is 0 Å². The normalized spacial score (nSPS) is 22.6. The summed E-state index contributed by atoms with van der Waals surface area (Å²) in [5.41, 5.74) is 4.78. The fraction of sp³-hybridized carbons (Fsp3) is 0.385. The Bertz CT molecular complexity index is 560. The lowest BCUT2D eigenvalue weighted by Crippen LogP contribution is -2.34. The molecule has 4 nitrogen and oxygen atoms in total. The summed E-state index contributed by atoms with van der Waals surface area (Å²) in [6.07, 6.45) is -1.85. The van der Waals surface area contributed by atoms with Crippen molar-refractivity contribution in [2.24, 2.45) is 5.73 Å². The summed E-state index contributed by atoms with van der Waals surface area (Å²) in [7, 11) is 0. The Balaban J connectivity index is 2.35. The molecule has 1 aliphatic carbocycles. The first kappa shape index (κ1) is 14.4. The van der Waals surface area contributed by atoms with Crippen LogP contribution >= 0.6 is 0 Å². The average Bonchev–Trinajstić information content (AvgIpc) is 2.34. The molecule has 7 heteroatoms. The first-order chi connectivity index (χ1) is 9.38. The highest BCUT2D eigenvalue weighted by Gasteiger charge is 2.35. The van der Waals surface area contributed by atoms with Crippen LogP contribution in [0.15, 0.2) is 12.1 Å². The molecule has 2 N–H and O–H groups in total. The quantitative estimate of drug-likeness (QED) is 0.849. The largest absolute Gasteiger partial charge is 0.445 e. The molecule has 2 atom stereocenters. The second kappa shape index (κ2) is 5.52. The summed E-state index contributed by atoms with van der Waals surface area (Å²) >= 11 is 0. The summed E-state index contributed by atoms with van der Waals surface area (Å²) in [5.74, 6) is -4.33. The average molecular weight is 287 g/mol. The molecule has 0 aliphatic heterocycles. The van der Waals surface area contributed by atoms with Gasteiger partial charge in [0.2, 0.25) is 0 Å².